The molecule has 0 aliphatic rings. The maximum Gasteiger partial charge on any atom is 0.287 e. The topological polar surface area (TPSA) is 67.2 Å². The van der Waals surface area contributed by atoms with Crippen molar-refractivity contribution in [3.8, 4) is 0 Å². The zero-order chi connectivity index (χ0) is 13.5. The van der Waals surface area contributed by atoms with Gasteiger partial charge in [-0.1, -0.05) is 25.4 Å². The molecule has 1 aromatic rings. The monoisotopic (exact) mass is 273 g/mol. The van der Waals surface area contributed by atoms with E-state index >= 15 is 0 Å². The van der Waals surface area contributed by atoms with E-state index in [1.165, 1.54) is 4.68 Å². The average Bonchev–Trinajstić information content (AvgIpc) is 2.37. The van der Waals surface area contributed by atoms with Crippen molar-refractivity contribution in [1.29, 1.82) is 0 Å². The first-order valence-corrected chi connectivity index (χ1v) is 6.65. The van der Waals surface area contributed by atoms with Crippen molar-refractivity contribution in [3.63, 3.8) is 0 Å². The van der Waals surface area contributed by atoms with Gasteiger partial charge < -0.3 is 10.4 Å². The van der Waals surface area contributed by atoms with E-state index in [2.05, 4.69) is 10.4 Å². The molecule has 0 fully saturated rings. The zero-order valence-corrected chi connectivity index (χ0v) is 11.6. The van der Waals surface area contributed by atoms with Crippen molar-refractivity contribution in [1.82, 2.24) is 9.78 Å². The van der Waals surface area contributed by atoms with Crippen LogP contribution in [-0.4, -0.2) is 27.5 Å². The second-order valence-electron chi connectivity index (χ2n) is 4.18. The van der Waals surface area contributed by atoms with E-state index in [0.717, 1.165) is 6.42 Å². The summed E-state index contributed by atoms with van der Waals surface area (Å²) in [7, 11) is 0. The van der Waals surface area contributed by atoms with E-state index < -0.39 is 0 Å². The molecule has 0 bridgehead atoms. The van der Waals surface area contributed by atoms with Crippen LogP contribution in [0.3, 0.4) is 0 Å². The number of rotatable bonds is 7. The first kappa shape index (κ1) is 15.0. The first-order chi connectivity index (χ1) is 8.60. The summed E-state index contributed by atoms with van der Waals surface area (Å²) in [4.78, 5) is 11.8. The molecule has 0 amide bonds. The Morgan fingerprint density at radius 1 is 1.56 bits per heavy atom. The largest absolute Gasteiger partial charge is 0.393 e. The lowest BCUT2D eigenvalue weighted by Gasteiger charge is -2.11. The predicted molar refractivity (Wildman–Crippen MR) is 73.2 cm³/mol. The van der Waals surface area contributed by atoms with Crippen molar-refractivity contribution in [3.05, 3.63) is 21.6 Å². The molecule has 1 rings (SSSR count). The van der Waals surface area contributed by atoms with E-state index in [1.54, 1.807) is 6.20 Å². The highest BCUT2D eigenvalue weighted by Gasteiger charge is 2.09. The van der Waals surface area contributed by atoms with Gasteiger partial charge >= 0.3 is 0 Å². The Morgan fingerprint density at radius 2 is 2.28 bits per heavy atom. The van der Waals surface area contributed by atoms with Crippen molar-refractivity contribution in [2.75, 3.05) is 11.9 Å². The Morgan fingerprint density at radius 3 is 2.89 bits per heavy atom. The molecule has 0 radical (unpaired) electrons. The van der Waals surface area contributed by atoms with Gasteiger partial charge in [-0.3, -0.25) is 4.79 Å². The van der Waals surface area contributed by atoms with Gasteiger partial charge in [-0.05, 0) is 19.3 Å². The third kappa shape index (κ3) is 3.99. The van der Waals surface area contributed by atoms with Gasteiger partial charge in [0.15, 0.2) is 0 Å². The fourth-order valence-corrected chi connectivity index (χ4v) is 1.75. The number of aryl methyl sites for hydroxylation is 1. The highest BCUT2D eigenvalue weighted by molar-refractivity contribution is 6.32. The molecule has 0 aliphatic carbocycles. The molecule has 6 heteroatoms. The molecule has 0 spiro atoms. The van der Waals surface area contributed by atoms with Crippen molar-refractivity contribution < 1.29 is 5.11 Å². The number of aliphatic hydroxyl groups excluding tert-OH is 1. The highest BCUT2D eigenvalue weighted by Crippen LogP contribution is 2.15. The fraction of sp³-hybridized carbons (Fsp3) is 0.667. The van der Waals surface area contributed by atoms with Crippen LogP contribution in [-0.2, 0) is 6.54 Å². The Kier molecular flexibility index (Phi) is 6.15. The molecule has 0 saturated carbocycles. The van der Waals surface area contributed by atoms with Crippen LogP contribution >= 0.6 is 11.6 Å². The molecule has 2 N–H and O–H groups in total. The molecule has 1 aromatic heterocycles. The number of nitrogens with zero attached hydrogens (tertiary/aromatic N) is 2. The molecule has 18 heavy (non-hydrogen) atoms. The minimum atomic E-state index is -0.329. The fourth-order valence-electron chi connectivity index (χ4n) is 1.54. The van der Waals surface area contributed by atoms with Gasteiger partial charge in [0.1, 0.15) is 5.02 Å². The molecular weight excluding hydrogens is 254 g/mol. The minimum absolute atomic E-state index is 0.157. The van der Waals surface area contributed by atoms with Crippen molar-refractivity contribution in [2.24, 2.45) is 0 Å². The average molecular weight is 274 g/mol. The number of halogens is 1. The summed E-state index contributed by atoms with van der Waals surface area (Å²) in [5.41, 5.74) is 0.247. The second kappa shape index (κ2) is 7.38. The molecule has 102 valence electrons. The van der Waals surface area contributed by atoms with Gasteiger partial charge in [0.25, 0.3) is 5.56 Å². The van der Waals surface area contributed by atoms with Crippen LogP contribution in [0.2, 0.25) is 5.02 Å². The molecule has 1 heterocycles. The number of hydrogen-bond acceptors (Lipinski definition) is 4. The molecular formula is C12H20ClN3O2. The molecule has 0 saturated heterocycles. The quantitative estimate of drug-likeness (QED) is 0.796. The van der Waals surface area contributed by atoms with Crippen LogP contribution in [0.5, 0.6) is 0 Å². The van der Waals surface area contributed by atoms with E-state index in [4.69, 9.17) is 11.6 Å². The van der Waals surface area contributed by atoms with Crippen molar-refractivity contribution in [2.45, 2.75) is 45.8 Å². The number of hydrogen-bond donors (Lipinski definition) is 2. The van der Waals surface area contributed by atoms with Crippen LogP contribution in [0.4, 0.5) is 5.69 Å². The first-order valence-electron chi connectivity index (χ1n) is 6.27. The number of aromatic nitrogens is 2. The van der Waals surface area contributed by atoms with Crippen LogP contribution in [0, 0.1) is 0 Å². The lowest BCUT2D eigenvalue weighted by Crippen LogP contribution is -2.24. The lowest BCUT2D eigenvalue weighted by atomic mass is 10.2. The predicted octanol–water partition coefficient (Wildman–Crippen LogP) is 1.88. The van der Waals surface area contributed by atoms with Gasteiger partial charge in [-0.2, -0.15) is 5.10 Å². The summed E-state index contributed by atoms with van der Waals surface area (Å²) >= 11 is 5.98. The number of anilines is 1. The Bertz CT molecular complexity index is 434. The smallest absolute Gasteiger partial charge is 0.287 e. The van der Waals surface area contributed by atoms with Gasteiger partial charge in [0.05, 0.1) is 18.0 Å². The SMILES string of the molecule is CCCn1ncc(NCCC(O)CC)c(Cl)c1=O. The summed E-state index contributed by atoms with van der Waals surface area (Å²) in [5.74, 6) is 0. The van der Waals surface area contributed by atoms with Crippen LogP contribution in [0.1, 0.15) is 33.1 Å². The molecule has 1 unspecified atom stereocenters. The van der Waals surface area contributed by atoms with E-state index in [-0.39, 0.29) is 16.7 Å². The van der Waals surface area contributed by atoms with Crippen LogP contribution in [0.15, 0.2) is 11.0 Å². The summed E-state index contributed by atoms with van der Waals surface area (Å²) in [6.07, 6.45) is 3.39. The molecule has 0 aromatic carbocycles. The van der Waals surface area contributed by atoms with Gasteiger partial charge in [0.2, 0.25) is 0 Å². The Balaban J connectivity index is 2.68. The van der Waals surface area contributed by atoms with Crippen LogP contribution in [0.25, 0.3) is 0 Å². The maximum atomic E-state index is 11.8. The number of aliphatic hydroxyl groups is 1. The summed E-state index contributed by atoms with van der Waals surface area (Å²) in [6, 6.07) is 0. The van der Waals surface area contributed by atoms with Gasteiger partial charge in [-0.15, -0.1) is 0 Å². The van der Waals surface area contributed by atoms with Gasteiger partial charge in [0, 0.05) is 13.1 Å². The minimum Gasteiger partial charge on any atom is -0.393 e. The van der Waals surface area contributed by atoms with E-state index in [1.807, 2.05) is 13.8 Å². The molecule has 0 aliphatic heterocycles. The van der Waals surface area contributed by atoms with Gasteiger partial charge in [-0.25, -0.2) is 4.68 Å². The lowest BCUT2D eigenvalue weighted by molar-refractivity contribution is 0.164. The normalized spacial score (nSPS) is 12.4. The maximum absolute atomic E-state index is 11.8. The summed E-state index contributed by atoms with van der Waals surface area (Å²) in [6.45, 7) is 5.02. The van der Waals surface area contributed by atoms with Crippen molar-refractivity contribution >= 4 is 17.3 Å². The van der Waals surface area contributed by atoms with E-state index in [0.29, 0.717) is 31.6 Å². The number of nitrogens with one attached hydrogen (secondary N) is 1. The third-order valence-electron chi connectivity index (χ3n) is 2.68. The summed E-state index contributed by atoms with van der Waals surface area (Å²) in [5, 5.41) is 16.6. The summed E-state index contributed by atoms with van der Waals surface area (Å²) < 4.78 is 1.36. The molecule has 1 atom stereocenters. The Labute approximate surface area is 112 Å². The zero-order valence-electron chi connectivity index (χ0n) is 10.8. The highest BCUT2D eigenvalue weighted by atomic mass is 35.5. The van der Waals surface area contributed by atoms with E-state index in [9.17, 15) is 9.90 Å². The Hall–Kier alpha value is -1.07. The molecule has 5 nitrogen and oxygen atoms in total. The third-order valence-corrected chi connectivity index (χ3v) is 3.05. The second-order valence-corrected chi connectivity index (χ2v) is 4.56. The van der Waals surface area contributed by atoms with Crippen LogP contribution < -0.4 is 10.9 Å². The standard InChI is InChI=1S/C12H20ClN3O2/c1-3-7-16-12(18)11(13)10(8-15-16)14-6-5-9(17)4-2/h8-9,14,17H,3-7H2,1-2H3.